The van der Waals surface area contributed by atoms with E-state index in [9.17, 15) is 0 Å². The summed E-state index contributed by atoms with van der Waals surface area (Å²) in [5, 5.41) is 0.693. The Morgan fingerprint density at radius 3 is 2.37 bits per heavy atom. The van der Waals surface area contributed by atoms with Crippen molar-refractivity contribution in [2.24, 2.45) is 0 Å². The van der Waals surface area contributed by atoms with Gasteiger partial charge in [0.2, 0.25) is 0 Å². The Hall–Kier alpha value is -2.36. The molecule has 27 heavy (non-hydrogen) atoms. The lowest BCUT2D eigenvalue weighted by molar-refractivity contribution is 1.18. The van der Waals surface area contributed by atoms with Crippen LogP contribution in [-0.2, 0) is 0 Å². The summed E-state index contributed by atoms with van der Waals surface area (Å²) in [5.74, 6) is 0. The Morgan fingerprint density at radius 1 is 0.778 bits per heavy atom. The fourth-order valence-corrected chi connectivity index (χ4v) is 4.63. The number of nitrogens with zero attached hydrogens (tertiary/aromatic N) is 1. The van der Waals surface area contributed by atoms with Gasteiger partial charge in [-0.1, -0.05) is 98.5 Å². The van der Waals surface area contributed by atoms with Crippen LogP contribution < -0.4 is 0 Å². The summed E-state index contributed by atoms with van der Waals surface area (Å²) in [5.41, 5.74) is 3.14. The molecule has 0 spiro atoms. The van der Waals surface area contributed by atoms with E-state index in [0.717, 1.165) is 11.1 Å². The van der Waals surface area contributed by atoms with E-state index in [4.69, 9.17) is 8.22 Å². The van der Waals surface area contributed by atoms with Gasteiger partial charge in [0.05, 0.1) is 24.9 Å². The Morgan fingerprint density at radius 2 is 1.52 bits per heavy atom. The van der Waals surface area contributed by atoms with E-state index >= 15 is 0 Å². The smallest absolute Gasteiger partial charge is 0.0657 e. The zero-order valence-electron chi connectivity index (χ0n) is 19.9. The van der Waals surface area contributed by atoms with Crippen molar-refractivity contribution in [1.29, 1.82) is 0 Å². The Bertz CT molecular complexity index is 1520. The predicted octanol–water partition coefficient (Wildman–Crippen LogP) is 7.98. The maximum absolute atomic E-state index is 8.85. The molecule has 0 N–H and O–H groups in total. The Kier molecular flexibility index (Phi) is 2.83. The maximum atomic E-state index is 8.85. The van der Waals surface area contributed by atoms with Gasteiger partial charge in [0, 0.05) is 25.3 Å². The van der Waals surface area contributed by atoms with E-state index in [1.54, 1.807) is 4.57 Å². The molecule has 0 aliphatic carbocycles. The van der Waals surface area contributed by atoms with Crippen molar-refractivity contribution in [3.63, 3.8) is 0 Å². The normalized spacial score (nSPS) is 14.4. The molecule has 0 aliphatic rings. The fraction of sp³-hybridized carbons (Fsp3) is 0. The van der Waals surface area contributed by atoms with Gasteiger partial charge in [0.15, 0.2) is 0 Å². The highest BCUT2D eigenvalue weighted by Crippen LogP contribution is 2.40. The molecular weight excluding hydrogens is 462 g/mol. The Balaban J connectivity index is 2.11. The molecule has 0 fully saturated rings. The van der Waals surface area contributed by atoms with Crippen molar-refractivity contribution in [2.45, 2.75) is 0 Å². The molecule has 0 saturated carbocycles. The van der Waals surface area contributed by atoms with Crippen LogP contribution in [0.15, 0.2) is 99.8 Å². The molecule has 0 atom stereocenters. The van der Waals surface area contributed by atoms with Crippen molar-refractivity contribution in [3.05, 3.63) is 99.8 Å². The molecule has 1 nitrogen and oxygen atoms in total. The summed E-state index contributed by atoms with van der Waals surface area (Å²) >= 11 is 6.83. The van der Waals surface area contributed by atoms with Gasteiger partial charge in [-0.05, 0) is 29.8 Å². The topological polar surface area (TPSA) is 4.93 Å². The van der Waals surface area contributed by atoms with Crippen LogP contribution in [0.2, 0.25) is 0 Å². The third-order valence-electron chi connectivity index (χ3n) is 4.50. The van der Waals surface area contributed by atoms with E-state index in [0.29, 0.717) is 21.1 Å². The van der Waals surface area contributed by atoms with Gasteiger partial charge in [0.25, 0.3) is 0 Å². The molecule has 1 heterocycles. The standard InChI is InChI=1S/C24H15Br2N/c25-17-14-20(26)24-19-11-5-7-13-22(19)27(23(24)15-17)21-12-6-4-10-18(21)16-8-2-1-3-9-16/h1-15H/i5D,7D,11D,13D,14D,15D. The molecule has 0 amide bonds. The minimum Gasteiger partial charge on any atom is -0.309 e. The van der Waals surface area contributed by atoms with E-state index in [1.807, 2.05) is 54.6 Å². The summed E-state index contributed by atoms with van der Waals surface area (Å²) in [6.07, 6.45) is 0. The average molecular weight is 483 g/mol. The quantitative estimate of drug-likeness (QED) is 0.240. The summed E-state index contributed by atoms with van der Waals surface area (Å²) in [4.78, 5) is 0. The van der Waals surface area contributed by atoms with Gasteiger partial charge < -0.3 is 4.57 Å². The molecule has 0 bridgehead atoms. The highest BCUT2D eigenvalue weighted by molar-refractivity contribution is 9.11. The molecular formula is C24H15Br2N. The minimum absolute atomic E-state index is 0.0362. The first-order valence-corrected chi connectivity index (χ1v) is 9.87. The summed E-state index contributed by atoms with van der Waals surface area (Å²) in [6, 6.07) is 16.3. The molecule has 5 rings (SSSR count). The lowest BCUT2D eigenvalue weighted by atomic mass is 10.0. The van der Waals surface area contributed by atoms with Gasteiger partial charge in [-0.15, -0.1) is 0 Å². The van der Waals surface area contributed by atoms with Crippen molar-refractivity contribution in [3.8, 4) is 16.8 Å². The average Bonchev–Trinajstić information content (AvgIpc) is 3.20. The number of rotatable bonds is 2. The first-order chi connectivity index (χ1) is 15.8. The van der Waals surface area contributed by atoms with E-state index in [1.165, 1.54) is 0 Å². The lowest BCUT2D eigenvalue weighted by Gasteiger charge is -2.14. The summed E-state index contributed by atoms with van der Waals surface area (Å²) in [6.45, 7) is 0. The molecule has 0 aliphatic heterocycles. The van der Waals surface area contributed by atoms with Crippen molar-refractivity contribution in [1.82, 2.24) is 4.57 Å². The number of para-hydroxylation sites is 2. The van der Waals surface area contributed by atoms with E-state index in [-0.39, 0.29) is 51.6 Å². The van der Waals surface area contributed by atoms with Crippen LogP contribution in [0.25, 0.3) is 38.6 Å². The third-order valence-corrected chi connectivity index (χ3v) is 5.49. The fourth-order valence-electron chi connectivity index (χ4n) is 3.39. The Labute approximate surface area is 182 Å². The van der Waals surface area contributed by atoms with Crippen LogP contribution in [-0.4, -0.2) is 4.57 Å². The summed E-state index contributed by atoms with van der Waals surface area (Å²) in [7, 11) is 0. The number of halogens is 2. The molecule has 0 saturated heterocycles. The predicted molar refractivity (Wildman–Crippen MR) is 122 cm³/mol. The van der Waals surface area contributed by atoms with E-state index in [2.05, 4.69) is 31.9 Å². The van der Waals surface area contributed by atoms with Gasteiger partial charge in [0.1, 0.15) is 0 Å². The number of aromatic nitrogens is 1. The van der Waals surface area contributed by atoms with Crippen LogP contribution in [0, 0.1) is 0 Å². The van der Waals surface area contributed by atoms with Crippen LogP contribution >= 0.6 is 31.9 Å². The monoisotopic (exact) mass is 481 g/mol. The van der Waals surface area contributed by atoms with Crippen LogP contribution in [0.1, 0.15) is 8.22 Å². The lowest BCUT2D eigenvalue weighted by Crippen LogP contribution is -1.97. The highest BCUT2D eigenvalue weighted by atomic mass is 79.9. The van der Waals surface area contributed by atoms with E-state index < -0.39 is 0 Å². The second-order valence-corrected chi connectivity index (χ2v) is 7.63. The van der Waals surface area contributed by atoms with Crippen LogP contribution in [0.3, 0.4) is 0 Å². The van der Waals surface area contributed by atoms with Gasteiger partial charge >= 0.3 is 0 Å². The van der Waals surface area contributed by atoms with Crippen LogP contribution in [0.5, 0.6) is 0 Å². The largest absolute Gasteiger partial charge is 0.309 e. The maximum Gasteiger partial charge on any atom is 0.0657 e. The SMILES string of the molecule is [2H]c1c([2H])c([2H])c2c(c1[2H])c1c(Br)c([2H])c(Br)c([2H])c1n2-c1ccccc1-c1ccccc1. The number of hydrogen-bond donors (Lipinski definition) is 0. The zero-order valence-corrected chi connectivity index (χ0v) is 17.1. The van der Waals surface area contributed by atoms with Crippen molar-refractivity contribution < 1.29 is 8.22 Å². The first-order valence-electron chi connectivity index (χ1n) is 11.3. The van der Waals surface area contributed by atoms with Gasteiger partial charge in [-0.3, -0.25) is 0 Å². The molecule has 0 radical (unpaired) electrons. The molecule has 1 aromatic heterocycles. The number of benzene rings is 4. The summed E-state index contributed by atoms with van der Waals surface area (Å²) < 4.78 is 53.5. The molecule has 130 valence electrons. The van der Waals surface area contributed by atoms with Crippen molar-refractivity contribution in [2.75, 3.05) is 0 Å². The molecule has 3 heteroatoms. The second-order valence-electron chi connectivity index (χ2n) is 6.04. The molecule has 5 aromatic rings. The molecule has 0 unspecified atom stereocenters. The first kappa shape index (κ1) is 11.5. The third kappa shape index (κ3) is 2.73. The second kappa shape index (κ2) is 6.66. The number of fused-ring (bicyclic) bond motifs is 3. The van der Waals surface area contributed by atoms with Crippen molar-refractivity contribution >= 4 is 53.7 Å². The van der Waals surface area contributed by atoms with Crippen LogP contribution in [0.4, 0.5) is 0 Å². The van der Waals surface area contributed by atoms with Gasteiger partial charge in [-0.2, -0.15) is 0 Å². The molecule has 4 aromatic carbocycles. The van der Waals surface area contributed by atoms with Gasteiger partial charge in [-0.25, -0.2) is 0 Å². The number of hydrogen-bond acceptors (Lipinski definition) is 0. The minimum atomic E-state index is -0.351. The zero-order chi connectivity index (χ0) is 23.6. The highest BCUT2D eigenvalue weighted by Gasteiger charge is 2.17.